The van der Waals surface area contributed by atoms with Gasteiger partial charge >= 0.3 is 0 Å². The first-order chi connectivity index (χ1) is 11.5. The predicted molar refractivity (Wildman–Crippen MR) is 92.4 cm³/mol. The molecule has 0 unspecified atom stereocenters. The van der Waals surface area contributed by atoms with E-state index in [1.807, 2.05) is 13.8 Å². The van der Waals surface area contributed by atoms with E-state index in [0.717, 1.165) is 17.8 Å². The van der Waals surface area contributed by atoms with Crippen molar-refractivity contribution in [3.63, 3.8) is 0 Å². The van der Waals surface area contributed by atoms with E-state index in [0.29, 0.717) is 16.5 Å². The lowest BCUT2D eigenvalue weighted by Gasteiger charge is -2.09. The van der Waals surface area contributed by atoms with Crippen LogP contribution in [0.1, 0.15) is 25.0 Å². The maximum absolute atomic E-state index is 13.6. The van der Waals surface area contributed by atoms with Crippen molar-refractivity contribution in [3.05, 3.63) is 51.3 Å². The van der Waals surface area contributed by atoms with E-state index in [-0.39, 0.29) is 30.0 Å². The maximum atomic E-state index is 13.6. The van der Waals surface area contributed by atoms with Crippen LogP contribution >= 0.6 is 11.8 Å². The number of halogens is 2. The van der Waals surface area contributed by atoms with Gasteiger partial charge in [-0.2, -0.15) is 0 Å². The molecular formula is C16H21F2N3O2S. The second-order valence-electron chi connectivity index (χ2n) is 4.50. The largest absolute Gasteiger partial charge is 0.395 e. The molecule has 5 nitrogen and oxygen atoms in total. The standard InChI is InChI=1S/C14H15F2N3O2S.C2H6/c1-8-12(17-5-6-20)18-14(19-13(8)21)22-7-9-3-2-4-10(15)11(9)16;1-2/h2-4,20H,5-7H2,1H3,(H2,17,18,19,21);1-2H3. The molecule has 1 aromatic heterocycles. The Morgan fingerprint density at radius 3 is 2.71 bits per heavy atom. The number of aromatic nitrogens is 2. The summed E-state index contributed by atoms with van der Waals surface area (Å²) in [5.74, 6) is -1.31. The Labute approximate surface area is 143 Å². The van der Waals surface area contributed by atoms with Gasteiger partial charge in [-0.15, -0.1) is 0 Å². The Balaban J connectivity index is 0.00000139. The van der Waals surface area contributed by atoms with Crippen molar-refractivity contribution in [3.8, 4) is 0 Å². The summed E-state index contributed by atoms with van der Waals surface area (Å²) in [4.78, 5) is 18.6. The maximum Gasteiger partial charge on any atom is 0.256 e. The van der Waals surface area contributed by atoms with Gasteiger partial charge in [0, 0.05) is 17.9 Å². The molecule has 0 bridgehead atoms. The van der Waals surface area contributed by atoms with Crippen molar-refractivity contribution in [1.82, 2.24) is 9.97 Å². The summed E-state index contributed by atoms with van der Waals surface area (Å²) < 4.78 is 26.7. The molecule has 0 spiro atoms. The summed E-state index contributed by atoms with van der Waals surface area (Å²) in [6, 6.07) is 3.95. The Kier molecular flexibility index (Phi) is 8.42. The van der Waals surface area contributed by atoms with Crippen LogP contribution in [0.3, 0.4) is 0 Å². The van der Waals surface area contributed by atoms with Gasteiger partial charge in [0.2, 0.25) is 0 Å². The van der Waals surface area contributed by atoms with Gasteiger partial charge in [-0.25, -0.2) is 13.8 Å². The third-order valence-corrected chi connectivity index (χ3v) is 3.85. The third kappa shape index (κ3) is 5.31. The average Bonchev–Trinajstić information content (AvgIpc) is 2.59. The molecule has 0 aliphatic carbocycles. The number of rotatable bonds is 6. The van der Waals surface area contributed by atoms with Crippen molar-refractivity contribution in [1.29, 1.82) is 0 Å². The first-order valence-corrected chi connectivity index (χ1v) is 8.53. The Hall–Kier alpha value is -1.93. The molecule has 0 fully saturated rings. The normalized spacial score (nSPS) is 10.1. The number of nitrogens with zero attached hydrogens (tertiary/aromatic N) is 1. The molecule has 0 amide bonds. The predicted octanol–water partition coefficient (Wildman–Crippen LogP) is 3.08. The number of hydrogen-bond acceptors (Lipinski definition) is 5. The number of aliphatic hydroxyl groups excluding tert-OH is 1. The average molecular weight is 357 g/mol. The van der Waals surface area contributed by atoms with Gasteiger partial charge in [0.25, 0.3) is 5.56 Å². The Morgan fingerprint density at radius 2 is 2.04 bits per heavy atom. The molecule has 2 aromatic rings. The molecule has 3 N–H and O–H groups in total. The quantitative estimate of drug-likeness (QED) is 0.547. The van der Waals surface area contributed by atoms with E-state index >= 15 is 0 Å². The number of H-pyrrole nitrogens is 1. The zero-order chi connectivity index (χ0) is 18.1. The number of thioether (sulfide) groups is 1. The summed E-state index contributed by atoms with van der Waals surface area (Å²) in [7, 11) is 0. The van der Waals surface area contributed by atoms with Gasteiger partial charge in [-0.1, -0.05) is 37.7 Å². The molecule has 132 valence electrons. The number of benzene rings is 1. The van der Waals surface area contributed by atoms with Gasteiger partial charge < -0.3 is 15.4 Å². The van der Waals surface area contributed by atoms with Gasteiger partial charge in [-0.05, 0) is 13.0 Å². The minimum Gasteiger partial charge on any atom is -0.395 e. The second-order valence-corrected chi connectivity index (χ2v) is 5.46. The molecule has 2 rings (SSSR count). The SMILES string of the molecule is CC.Cc1c(NCCO)nc(SCc2cccc(F)c2F)[nH]c1=O. The molecular weight excluding hydrogens is 336 g/mol. The lowest BCUT2D eigenvalue weighted by molar-refractivity contribution is 0.311. The third-order valence-electron chi connectivity index (χ3n) is 2.93. The highest BCUT2D eigenvalue weighted by molar-refractivity contribution is 7.98. The molecule has 8 heteroatoms. The minimum absolute atomic E-state index is 0.0924. The van der Waals surface area contributed by atoms with Crippen molar-refractivity contribution < 1.29 is 13.9 Å². The monoisotopic (exact) mass is 357 g/mol. The van der Waals surface area contributed by atoms with Gasteiger partial charge in [0.05, 0.1) is 12.2 Å². The number of aromatic amines is 1. The van der Waals surface area contributed by atoms with Gasteiger partial charge in [0.15, 0.2) is 16.8 Å². The van der Waals surface area contributed by atoms with Crippen molar-refractivity contribution in [2.45, 2.75) is 31.7 Å². The summed E-state index contributed by atoms with van der Waals surface area (Å²) in [6.45, 7) is 5.77. The first-order valence-electron chi connectivity index (χ1n) is 7.54. The Bertz CT molecular complexity index is 723. The lowest BCUT2D eigenvalue weighted by Crippen LogP contribution is -2.18. The van der Waals surface area contributed by atoms with Crippen molar-refractivity contribution in [2.75, 3.05) is 18.5 Å². The van der Waals surface area contributed by atoms with E-state index in [4.69, 9.17) is 5.11 Å². The molecule has 0 saturated heterocycles. The summed E-state index contributed by atoms with van der Waals surface area (Å²) in [5, 5.41) is 11.9. The smallest absolute Gasteiger partial charge is 0.256 e. The van der Waals surface area contributed by atoms with E-state index < -0.39 is 11.6 Å². The number of aliphatic hydroxyl groups is 1. The molecule has 0 saturated carbocycles. The van der Waals surface area contributed by atoms with Gasteiger partial charge in [0.1, 0.15) is 5.82 Å². The topological polar surface area (TPSA) is 78.0 Å². The molecule has 0 atom stereocenters. The first kappa shape index (κ1) is 20.1. The summed E-state index contributed by atoms with van der Waals surface area (Å²) >= 11 is 1.09. The zero-order valence-corrected chi connectivity index (χ0v) is 14.6. The van der Waals surface area contributed by atoms with Crippen LogP contribution in [0.15, 0.2) is 28.2 Å². The molecule has 24 heavy (non-hydrogen) atoms. The van der Waals surface area contributed by atoms with Crippen LogP contribution < -0.4 is 10.9 Å². The highest BCUT2D eigenvalue weighted by Crippen LogP contribution is 2.23. The van der Waals surface area contributed by atoms with E-state index in [1.54, 1.807) is 6.92 Å². The summed E-state index contributed by atoms with van der Waals surface area (Å²) in [6.07, 6.45) is 0. The minimum atomic E-state index is -0.909. The van der Waals surface area contributed by atoms with Crippen molar-refractivity contribution in [2.24, 2.45) is 0 Å². The molecule has 0 aliphatic rings. The van der Waals surface area contributed by atoms with Crippen LogP contribution in [0.2, 0.25) is 0 Å². The van der Waals surface area contributed by atoms with Crippen LogP contribution in [0.4, 0.5) is 14.6 Å². The fraction of sp³-hybridized carbons (Fsp3) is 0.375. The Morgan fingerprint density at radius 1 is 1.33 bits per heavy atom. The van der Waals surface area contributed by atoms with E-state index in [2.05, 4.69) is 15.3 Å². The molecule has 1 aromatic carbocycles. The number of hydrogen-bond donors (Lipinski definition) is 3. The lowest BCUT2D eigenvalue weighted by atomic mass is 10.2. The van der Waals surface area contributed by atoms with Gasteiger partial charge in [-0.3, -0.25) is 4.79 Å². The number of anilines is 1. The fourth-order valence-corrected chi connectivity index (χ4v) is 2.57. The highest BCUT2D eigenvalue weighted by Gasteiger charge is 2.11. The molecule has 1 heterocycles. The fourth-order valence-electron chi connectivity index (χ4n) is 1.73. The molecule has 0 aliphatic heterocycles. The van der Waals surface area contributed by atoms with Crippen molar-refractivity contribution >= 4 is 17.6 Å². The zero-order valence-electron chi connectivity index (χ0n) is 13.8. The van der Waals surface area contributed by atoms with Crippen LogP contribution in [-0.4, -0.2) is 28.2 Å². The second kappa shape index (κ2) is 10.0. The van der Waals surface area contributed by atoms with Crippen LogP contribution in [0, 0.1) is 18.6 Å². The van der Waals surface area contributed by atoms with E-state index in [1.165, 1.54) is 12.1 Å². The van der Waals surface area contributed by atoms with Crippen LogP contribution in [0.5, 0.6) is 0 Å². The van der Waals surface area contributed by atoms with E-state index in [9.17, 15) is 13.6 Å². The summed E-state index contributed by atoms with van der Waals surface area (Å²) in [5.41, 5.74) is 0.269. The highest BCUT2D eigenvalue weighted by atomic mass is 32.2. The number of nitrogens with one attached hydrogen (secondary N) is 2. The van der Waals surface area contributed by atoms with Crippen LogP contribution in [0.25, 0.3) is 0 Å². The van der Waals surface area contributed by atoms with Crippen LogP contribution in [-0.2, 0) is 5.75 Å². The molecule has 0 radical (unpaired) electrons.